The molecule has 0 bridgehead atoms. The quantitative estimate of drug-likeness (QED) is 0.670. The lowest BCUT2D eigenvalue weighted by molar-refractivity contribution is -0.119. The molecule has 2 aromatic rings. The molecule has 3 amide bonds. The molecule has 3 N–H and O–H groups in total. The normalized spacial score (nSPS) is 15.1. The van der Waals surface area contributed by atoms with Crippen LogP contribution in [0.25, 0.3) is 5.70 Å². The molecule has 8 nitrogen and oxygen atoms in total. The Balaban J connectivity index is 1.50. The Labute approximate surface area is 173 Å². The number of benzene rings is 1. The van der Waals surface area contributed by atoms with Crippen LogP contribution in [0.3, 0.4) is 0 Å². The van der Waals surface area contributed by atoms with Crippen LogP contribution in [-0.4, -0.2) is 34.7 Å². The van der Waals surface area contributed by atoms with Crippen LogP contribution in [0.15, 0.2) is 48.6 Å². The van der Waals surface area contributed by atoms with Gasteiger partial charge in [0.1, 0.15) is 5.82 Å². The van der Waals surface area contributed by atoms with Crippen molar-refractivity contribution in [3.63, 3.8) is 0 Å². The van der Waals surface area contributed by atoms with Gasteiger partial charge in [0.05, 0.1) is 23.2 Å². The summed E-state index contributed by atoms with van der Waals surface area (Å²) in [5, 5.41) is 2.78. The Morgan fingerprint density at radius 2 is 1.83 bits per heavy atom. The predicted octanol–water partition coefficient (Wildman–Crippen LogP) is 1.57. The second-order valence-electron chi connectivity index (χ2n) is 7.40. The summed E-state index contributed by atoms with van der Waals surface area (Å²) < 4.78 is 0. The van der Waals surface area contributed by atoms with E-state index >= 15 is 0 Å². The Morgan fingerprint density at radius 1 is 1.03 bits per heavy atom. The number of hydrogen-bond acceptors (Lipinski definition) is 6. The predicted molar refractivity (Wildman–Crippen MR) is 111 cm³/mol. The van der Waals surface area contributed by atoms with Gasteiger partial charge in [-0.05, 0) is 54.8 Å². The summed E-state index contributed by atoms with van der Waals surface area (Å²) in [6, 6.07) is 5.45. The lowest BCUT2D eigenvalue weighted by Gasteiger charge is -2.20. The van der Waals surface area contributed by atoms with Crippen molar-refractivity contribution in [2.75, 3.05) is 7.05 Å². The smallest absolute Gasteiger partial charge is 0.261 e. The molecule has 1 aromatic carbocycles. The third kappa shape index (κ3) is 3.55. The Morgan fingerprint density at radius 3 is 2.53 bits per heavy atom. The van der Waals surface area contributed by atoms with Gasteiger partial charge in [0.2, 0.25) is 5.91 Å². The first-order chi connectivity index (χ1) is 14.3. The van der Waals surface area contributed by atoms with Gasteiger partial charge >= 0.3 is 0 Å². The number of amides is 3. The zero-order valence-electron chi connectivity index (χ0n) is 16.9. The van der Waals surface area contributed by atoms with E-state index in [0.717, 1.165) is 27.3 Å². The number of allylic oxidation sites excluding steroid dienone is 2. The molecule has 0 radical (unpaired) electrons. The highest BCUT2D eigenvalue weighted by atomic mass is 16.2. The minimum atomic E-state index is -0.381. The first kappa shape index (κ1) is 19.4. The molecule has 0 fully saturated rings. The van der Waals surface area contributed by atoms with Crippen LogP contribution in [0, 0.1) is 13.8 Å². The number of hydrazine groups is 1. The average Bonchev–Trinajstić information content (AvgIpc) is 2.92. The first-order valence-corrected chi connectivity index (χ1v) is 9.45. The van der Waals surface area contributed by atoms with E-state index in [-0.39, 0.29) is 24.1 Å². The number of hydrogen-bond donors (Lipinski definition) is 3. The molecule has 0 spiro atoms. The van der Waals surface area contributed by atoms with E-state index < -0.39 is 0 Å². The Hall–Kier alpha value is -3.94. The number of nitrogens with zero attached hydrogens (tertiary/aromatic N) is 2. The third-order valence-electron chi connectivity index (χ3n) is 4.98. The van der Waals surface area contributed by atoms with Gasteiger partial charge < -0.3 is 5.32 Å². The zero-order valence-corrected chi connectivity index (χ0v) is 16.9. The number of carbonyl (C=O) groups excluding carboxylic acids is 3. The maximum atomic E-state index is 12.6. The van der Waals surface area contributed by atoms with E-state index in [0.29, 0.717) is 22.5 Å². The van der Waals surface area contributed by atoms with Crippen LogP contribution >= 0.6 is 0 Å². The van der Waals surface area contributed by atoms with Crippen molar-refractivity contribution in [1.82, 2.24) is 26.1 Å². The molecule has 30 heavy (non-hydrogen) atoms. The van der Waals surface area contributed by atoms with Gasteiger partial charge in [-0.3, -0.25) is 35.1 Å². The number of pyridine rings is 1. The average molecular weight is 403 g/mol. The van der Waals surface area contributed by atoms with E-state index in [1.54, 1.807) is 30.6 Å². The van der Waals surface area contributed by atoms with E-state index in [4.69, 9.17) is 0 Å². The standard InChI is InChI=1S/C22H21N5O3/c1-12-6-14(20-16(8-12)21(29)27(3)22(20)30)9-19(28)24-18-5-4-17(25-26-18)15-7-13(2)10-23-11-15/h4-8,10-11,25-26H,9H2,1-3H3,(H,24,28). The Kier molecular flexibility index (Phi) is 4.83. The summed E-state index contributed by atoms with van der Waals surface area (Å²) in [7, 11) is 1.44. The number of carbonyl (C=O) groups is 3. The maximum Gasteiger partial charge on any atom is 0.261 e. The first-order valence-electron chi connectivity index (χ1n) is 9.45. The monoisotopic (exact) mass is 403 g/mol. The molecule has 0 saturated heterocycles. The minimum Gasteiger partial charge on any atom is -0.311 e. The highest BCUT2D eigenvalue weighted by Crippen LogP contribution is 2.27. The lowest BCUT2D eigenvalue weighted by atomic mass is 9.97. The fourth-order valence-electron chi connectivity index (χ4n) is 3.56. The number of aryl methyl sites for hydroxylation is 2. The highest BCUT2D eigenvalue weighted by Gasteiger charge is 2.35. The van der Waals surface area contributed by atoms with Gasteiger partial charge in [-0.25, -0.2) is 0 Å². The van der Waals surface area contributed by atoms with Crippen LogP contribution in [0.1, 0.15) is 43.0 Å². The summed E-state index contributed by atoms with van der Waals surface area (Å²) in [5.41, 5.74) is 10.8. The van der Waals surface area contributed by atoms with E-state index in [2.05, 4.69) is 21.2 Å². The summed E-state index contributed by atoms with van der Waals surface area (Å²) in [6.07, 6.45) is 7.09. The SMILES string of the molecule is Cc1cncc(C2=CC=C(NC(=O)Cc3cc(C)cc4c3C(=O)N(C)C4=O)NN2)c1. The third-order valence-corrected chi connectivity index (χ3v) is 4.98. The zero-order chi connectivity index (χ0) is 21.4. The molecule has 0 unspecified atom stereocenters. The summed E-state index contributed by atoms with van der Waals surface area (Å²) in [4.78, 5) is 42.5. The van der Waals surface area contributed by atoms with Gasteiger partial charge in [-0.15, -0.1) is 0 Å². The van der Waals surface area contributed by atoms with Crippen LogP contribution in [0.5, 0.6) is 0 Å². The van der Waals surface area contributed by atoms with Crippen molar-refractivity contribution in [3.05, 3.63) is 81.9 Å². The van der Waals surface area contributed by atoms with Crippen molar-refractivity contribution in [2.45, 2.75) is 20.3 Å². The molecule has 8 heteroatoms. The summed E-state index contributed by atoms with van der Waals surface area (Å²) in [5.74, 6) is -0.543. The topological polar surface area (TPSA) is 103 Å². The number of imide groups is 1. The molecule has 0 saturated carbocycles. The number of rotatable bonds is 4. The van der Waals surface area contributed by atoms with Gasteiger partial charge in [0.25, 0.3) is 11.8 Å². The minimum absolute atomic E-state index is 0.0196. The number of fused-ring (bicyclic) bond motifs is 1. The van der Waals surface area contributed by atoms with Crippen LogP contribution in [0.2, 0.25) is 0 Å². The molecule has 0 atom stereocenters. The van der Waals surface area contributed by atoms with E-state index in [1.807, 2.05) is 26.0 Å². The van der Waals surface area contributed by atoms with Gasteiger partial charge in [0, 0.05) is 25.0 Å². The van der Waals surface area contributed by atoms with E-state index in [9.17, 15) is 14.4 Å². The molecular weight excluding hydrogens is 382 g/mol. The van der Waals surface area contributed by atoms with E-state index in [1.165, 1.54) is 7.05 Å². The number of aromatic nitrogens is 1. The fraction of sp³-hybridized carbons (Fsp3) is 0.182. The second kappa shape index (κ2) is 7.47. The van der Waals surface area contributed by atoms with Crippen LogP contribution in [0.4, 0.5) is 0 Å². The molecule has 1 aromatic heterocycles. The summed E-state index contributed by atoms with van der Waals surface area (Å²) >= 11 is 0. The van der Waals surface area contributed by atoms with Crippen molar-refractivity contribution >= 4 is 23.4 Å². The molecule has 3 heterocycles. The van der Waals surface area contributed by atoms with Crippen molar-refractivity contribution in [3.8, 4) is 0 Å². The molecule has 152 valence electrons. The van der Waals surface area contributed by atoms with Crippen molar-refractivity contribution in [2.24, 2.45) is 0 Å². The number of nitrogens with one attached hydrogen (secondary N) is 3. The van der Waals surface area contributed by atoms with Crippen LogP contribution < -0.4 is 16.2 Å². The van der Waals surface area contributed by atoms with Gasteiger partial charge in [-0.1, -0.05) is 6.07 Å². The highest BCUT2D eigenvalue weighted by molar-refractivity contribution is 6.22. The molecular formula is C22H21N5O3. The molecule has 4 rings (SSSR count). The second-order valence-corrected chi connectivity index (χ2v) is 7.40. The molecule has 2 aliphatic heterocycles. The fourth-order valence-corrected chi connectivity index (χ4v) is 3.56. The molecule has 0 aliphatic carbocycles. The van der Waals surface area contributed by atoms with Crippen molar-refractivity contribution < 1.29 is 14.4 Å². The lowest BCUT2D eigenvalue weighted by Crippen LogP contribution is -2.41. The summed E-state index contributed by atoms with van der Waals surface area (Å²) in [6.45, 7) is 3.80. The van der Waals surface area contributed by atoms with Crippen LogP contribution in [-0.2, 0) is 11.2 Å². The Bertz CT molecular complexity index is 1150. The van der Waals surface area contributed by atoms with Gasteiger partial charge in [0.15, 0.2) is 0 Å². The van der Waals surface area contributed by atoms with Crippen molar-refractivity contribution in [1.29, 1.82) is 0 Å². The maximum absolute atomic E-state index is 12.6. The largest absolute Gasteiger partial charge is 0.311 e. The van der Waals surface area contributed by atoms with Gasteiger partial charge in [-0.2, -0.15) is 0 Å². The molecule has 2 aliphatic rings.